The number of nitrogens with zero attached hydrogens (tertiary/aromatic N) is 5. The van der Waals surface area contributed by atoms with Crippen molar-refractivity contribution < 1.29 is 53.5 Å². The lowest BCUT2D eigenvalue weighted by Crippen LogP contribution is -2.63. The number of alkyl carbamates (subject to hydrolysis) is 1. The molecule has 3 fully saturated rings. The number of fused-ring (bicyclic) bond motifs is 1. The molecule has 2 aromatic carbocycles. The van der Waals surface area contributed by atoms with Gasteiger partial charge in [-0.05, 0) is 55.2 Å². The predicted octanol–water partition coefficient (Wildman–Crippen LogP) is 3.39. The molecular weight excluding hydrogens is 756 g/mol. The van der Waals surface area contributed by atoms with Crippen molar-refractivity contribution in [3.05, 3.63) is 90.5 Å². The van der Waals surface area contributed by atoms with E-state index in [4.69, 9.17) is 9.47 Å². The van der Waals surface area contributed by atoms with Crippen LogP contribution in [0, 0.1) is 32.1 Å². The van der Waals surface area contributed by atoms with Gasteiger partial charge in [-0.15, -0.1) is 11.8 Å². The number of hydrogen-bond donors (Lipinski definition) is 3. The largest absolute Gasteiger partial charge is 0.477 e. The molecule has 298 valence electrons. The second-order valence-corrected chi connectivity index (χ2v) is 15.5. The van der Waals surface area contributed by atoms with Crippen molar-refractivity contribution in [2.24, 2.45) is 11.8 Å². The van der Waals surface area contributed by atoms with Crippen LogP contribution in [0.15, 0.2) is 59.1 Å². The maximum atomic E-state index is 13.7. The number of benzene rings is 2. The van der Waals surface area contributed by atoms with Crippen LogP contribution in [0.5, 0.6) is 0 Å². The number of rotatable bonds is 13. The van der Waals surface area contributed by atoms with Crippen LogP contribution < -0.4 is 5.32 Å². The van der Waals surface area contributed by atoms with E-state index in [1.54, 1.807) is 11.8 Å². The Balaban J connectivity index is 1.10. The van der Waals surface area contributed by atoms with Crippen molar-refractivity contribution in [1.29, 1.82) is 0 Å². The third-order valence-electron chi connectivity index (χ3n) is 10.5. The minimum atomic E-state index is -1.28. The summed E-state index contributed by atoms with van der Waals surface area (Å²) in [6.07, 6.45) is -1.80. The van der Waals surface area contributed by atoms with Gasteiger partial charge < -0.3 is 39.7 Å². The number of ether oxygens (including phenoxy) is 2. The lowest BCUT2D eigenvalue weighted by Gasteiger charge is -2.46. The third kappa shape index (κ3) is 8.40. The van der Waals surface area contributed by atoms with Gasteiger partial charge in [0.05, 0.1) is 34.0 Å². The van der Waals surface area contributed by atoms with Crippen molar-refractivity contribution in [3.8, 4) is 0 Å². The van der Waals surface area contributed by atoms with E-state index in [2.05, 4.69) is 5.32 Å². The minimum absolute atomic E-state index is 0.0913. The quantitative estimate of drug-likeness (QED) is 0.149. The highest BCUT2D eigenvalue weighted by atomic mass is 32.2. The van der Waals surface area contributed by atoms with E-state index >= 15 is 0 Å². The Hall–Kier alpha value is -5.76. The van der Waals surface area contributed by atoms with E-state index in [1.807, 2.05) is 0 Å². The van der Waals surface area contributed by atoms with Crippen LogP contribution in [-0.4, -0.2) is 114 Å². The van der Waals surface area contributed by atoms with Crippen LogP contribution in [0.3, 0.4) is 0 Å². The first kappa shape index (κ1) is 39.9. The Labute approximate surface area is 323 Å². The normalized spacial score (nSPS) is 24.7. The molecule has 4 heterocycles. The van der Waals surface area contributed by atoms with Crippen molar-refractivity contribution in [2.75, 3.05) is 19.6 Å². The summed E-state index contributed by atoms with van der Waals surface area (Å²) in [5, 5.41) is 44.6. The molecule has 56 heavy (non-hydrogen) atoms. The van der Waals surface area contributed by atoms with Crippen LogP contribution in [0.1, 0.15) is 44.2 Å². The Morgan fingerprint density at radius 2 is 1.55 bits per heavy atom. The SMILES string of the molecule is C[C@@H](O)[C@H]1C(=O)N2C(C(=O)O)=C(S[C@H]3C[C@@H](CC(=O)N4CC[C@H](NC(=O)OCc5ccc([N+](=O)[O-])cc5)C4)N(C(=O)OCc4ccc([N+](=O)[O-])cc4)C3)[C@H](C)[C@@H]12. The lowest BCUT2D eigenvalue weighted by molar-refractivity contribution is -0.385. The first-order valence-corrected chi connectivity index (χ1v) is 18.8. The Morgan fingerprint density at radius 1 is 0.964 bits per heavy atom. The van der Waals surface area contributed by atoms with Gasteiger partial charge in [-0.25, -0.2) is 14.4 Å². The van der Waals surface area contributed by atoms with Gasteiger partial charge in [0.2, 0.25) is 11.8 Å². The number of hydrogen-bond acceptors (Lipinski definition) is 13. The molecule has 19 nitrogen and oxygen atoms in total. The number of aliphatic carboxylic acids is 1. The molecule has 4 aliphatic rings. The van der Waals surface area contributed by atoms with Crippen LogP contribution in [0.25, 0.3) is 0 Å². The minimum Gasteiger partial charge on any atom is -0.477 e. The average Bonchev–Trinajstić information content (AvgIpc) is 3.85. The zero-order chi connectivity index (χ0) is 40.4. The molecule has 3 N–H and O–H groups in total. The average molecular weight is 797 g/mol. The number of aliphatic hydroxyl groups excluding tert-OH is 1. The van der Waals surface area contributed by atoms with Gasteiger partial charge in [0.15, 0.2) is 0 Å². The fraction of sp³-hybridized carbons (Fsp3) is 0.472. The molecule has 0 bridgehead atoms. The summed E-state index contributed by atoms with van der Waals surface area (Å²) in [7, 11) is 0. The van der Waals surface area contributed by atoms with Crippen molar-refractivity contribution >= 4 is 53.1 Å². The number of aliphatic hydroxyl groups is 1. The molecule has 0 saturated carbocycles. The second kappa shape index (κ2) is 16.5. The maximum Gasteiger partial charge on any atom is 0.410 e. The van der Waals surface area contributed by atoms with Gasteiger partial charge in [0, 0.05) is 72.4 Å². The van der Waals surface area contributed by atoms with Crippen molar-refractivity contribution in [1.82, 2.24) is 20.0 Å². The number of nitro groups is 2. The summed E-state index contributed by atoms with van der Waals surface area (Å²) in [6, 6.07) is 9.48. The van der Waals surface area contributed by atoms with Gasteiger partial charge in [0.1, 0.15) is 18.9 Å². The summed E-state index contributed by atoms with van der Waals surface area (Å²) >= 11 is 1.23. The van der Waals surface area contributed by atoms with E-state index in [1.165, 1.54) is 77.0 Å². The summed E-state index contributed by atoms with van der Waals surface area (Å²) in [6.45, 7) is 3.58. The molecule has 3 saturated heterocycles. The second-order valence-electron chi connectivity index (χ2n) is 14.2. The molecule has 0 aromatic heterocycles. The van der Waals surface area contributed by atoms with E-state index in [9.17, 15) is 54.4 Å². The first-order valence-electron chi connectivity index (χ1n) is 17.9. The molecule has 4 amide bonds. The Kier molecular flexibility index (Phi) is 11.8. The van der Waals surface area contributed by atoms with Gasteiger partial charge in [0.25, 0.3) is 11.4 Å². The van der Waals surface area contributed by atoms with Gasteiger partial charge in [-0.3, -0.25) is 29.8 Å². The smallest absolute Gasteiger partial charge is 0.410 e. The maximum absolute atomic E-state index is 13.7. The number of carboxylic acid groups (broad SMARTS) is 1. The lowest BCUT2D eigenvalue weighted by atomic mass is 9.79. The summed E-state index contributed by atoms with van der Waals surface area (Å²) in [5.74, 6) is -3.18. The number of thioether (sulfide) groups is 1. The van der Waals surface area contributed by atoms with E-state index in [0.29, 0.717) is 29.0 Å². The van der Waals surface area contributed by atoms with Crippen molar-refractivity contribution in [2.45, 2.75) is 75.8 Å². The number of likely N-dealkylation sites (tertiary alicyclic amines) is 2. The molecule has 0 unspecified atom stereocenters. The van der Waals surface area contributed by atoms with Crippen LogP contribution in [0.4, 0.5) is 21.0 Å². The van der Waals surface area contributed by atoms with Crippen LogP contribution in [-0.2, 0) is 37.1 Å². The predicted molar refractivity (Wildman–Crippen MR) is 195 cm³/mol. The molecule has 20 heteroatoms. The standard InChI is InChI=1S/C36H40N6O13S/c1-19-30-29(20(2)43)33(45)40(30)31(34(46)47)32(19)56-27-13-26(39(16-27)36(49)55-18-22-5-9-25(10-6-22)42(52)53)14-28(44)38-12-11-23(15-38)37-35(48)54-17-21-3-7-24(8-4-21)41(50)51/h3-10,19-20,23,26-27,29-30,43H,11-18H2,1-2H3,(H,37,48)(H,46,47)/t19-,20-,23+,26+,27+,29-,30+/m1/s1. The third-order valence-corrected chi connectivity index (χ3v) is 12.0. The number of nitrogens with one attached hydrogen (secondary N) is 1. The highest BCUT2D eigenvalue weighted by Gasteiger charge is 2.60. The van der Waals surface area contributed by atoms with Gasteiger partial charge >= 0.3 is 18.2 Å². The van der Waals surface area contributed by atoms with Gasteiger partial charge in [-0.2, -0.15) is 0 Å². The molecule has 6 rings (SSSR count). The van der Waals surface area contributed by atoms with Crippen LogP contribution in [0.2, 0.25) is 0 Å². The molecule has 0 spiro atoms. The van der Waals surface area contributed by atoms with Crippen molar-refractivity contribution in [3.63, 3.8) is 0 Å². The highest BCUT2D eigenvalue weighted by Crippen LogP contribution is 2.52. The fourth-order valence-electron chi connectivity index (χ4n) is 7.68. The Bertz CT molecular complexity index is 1940. The molecule has 7 atom stereocenters. The molecule has 2 aromatic rings. The Morgan fingerprint density at radius 3 is 2.11 bits per heavy atom. The first-order chi connectivity index (χ1) is 26.6. The van der Waals surface area contributed by atoms with Crippen LogP contribution >= 0.6 is 11.8 Å². The number of β-lactam (4-membered cyclic amide) rings is 1. The number of non-ortho nitro benzene ring substituents is 2. The molecular formula is C36H40N6O13S. The number of carbonyl (C=O) groups is 5. The highest BCUT2D eigenvalue weighted by molar-refractivity contribution is 8.03. The number of carboxylic acids is 1. The van der Waals surface area contributed by atoms with E-state index < -0.39 is 70.0 Å². The zero-order valence-electron chi connectivity index (χ0n) is 30.3. The molecule has 0 aliphatic carbocycles. The topological polar surface area (TPSA) is 252 Å². The summed E-state index contributed by atoms with van der Waals surface area (Å²) < 4.78 is 10.8. The van der Waals surface area contributed by atoms with E-state index in [-0.39, 0.29) is 67.4 Å². The summed E-state index contributed by atoms with van der Waals surface area (Å²) in [4.78, 5) is 90.5. The fourth-order valence-corrected chi connectivity index (χ4v) is 9.25. The summed E-state index contributed by atoms with van der Waals surface area (Å²) in [5.41, 5.74) is 0.687. The zero-order valence-corrected chi connectivity index (χ0v) is 31.2. The van der Waals surface area contributed by atoms with E-state index in [0.717, 1.165) is 0 Å². The monoisotopic (exact) mass is 796 g/mol. The molecule has 4 aliphatic heterocycles. The number of amides is 4. The number of nitro benzene ring substituents is 2. The number of carbonyl (C=O) groups excluding carboxylic acids is 4. The van der Waals surface area contributed by atoms with Gasteiger partial charge in [-0.1, -0.05) is 6.92 Å². The molecule has 0 radical (unpaired) electrons.